The van der Waals surface area contributed by atoms with Crippen molar-refractivity contribution in [1.82, 2.24) is 4.90 Å². The summed E-state index contributed by atoms with van der Waals surface area (Å²) in [5.41, 5.74) is -1.89. The van der Waals surface area contributed by atoms with E-state index in [0.29, 0.717) is 12.1 Å². The van der Waals surface area contributed by atoms with Gasteiger partial charge in [0, 0.05) is 32.0 Å². The van der Waals surface area contributed by atoms with Crippen LogP contribution >= 0.6 is 0 Å². The van der Waals surface area contributed by atoms with E-state index in [4.69, 9.17) is 4.74 Å². The lowest BCUT2D eigenvalue weighted by Crippen LogP contribution is -2.47. The second-order valence-electron chi connectivity index (χ2n) is 5.04. The molecule has 0 saturated carbocycles. The average Bonchev–Trinajstić information content (AvgIpc) is 2.46. The molecular weight excluding hydrogens is 321 g/mol. The van der Waals surface area contributed by atoms with Gasteiger partial charge in [0.15, 0.2) is 0 Å². The molecule has 2 rings (SSSR count). The summed E-state index contributed by atoms with van der Waals surface area (Å²) in [6.45, 7) is 0.266. The Balaban J connectivity index is 2.15. The Kier molecular flexibility index (Phi) is 4.62. The van der Waals surface area contributed by atoms with Crippen molar-refractivity contribution < 1.29 is 32.7 Å². The molecule has 0 unspecified atom stereocenters. The molecule has 1 amide bonds. The van der Waals surface area contributed by atoms with Gasteiger partial charge in [-0.3, -0.25) is 10.1 Å². The molecule has 1 saturated heterocycles. The first-order chi connectivity index (χ1) is 10.7. The third-order valence-corrected chi connectivity index (χ3v) is 3.43. The van der Waals surface area contributed by atoms with Gasteiger partial charge in [-0.1, -0.05) is 0 Å². The molecule has 0 N–H and O–H groups in total. The minimum absolute atomic E-state index is 0.133. The third-order valence-electron chi connectivity index (χ3n) is 3.43. The van der Waals surface area contributed by atoms with Gasteiger partial charge < -0.3 is 19.5 Å². The smallest absolute Gasteiger partial charge is 0.416 e. The minimum atomic E-state index is -4.73. The molecule has 0 spiro atoms. The van der Waals surface area contributed by atoms with Crippen molar-refractivity contribution in [2.45, 2.75) is 25.1 Å². The molecule has 1 aliphatic heterocycles. The van der Waals surface area contributed by atoms with Gasteiger partial charge in [0.25, 0.3) is 5.69 Å². The van der Waals surface area contributed by atoms with Crippen molar-refractivity contribution in [3.05, 3.63) is 33.9 Å². The van der Waals surface area contributed by atoms with Crippen LogP contribution in [0.15, 0.2) is 18.2 Å². The molecule has 0 aliphatic carbocycles. The van der Waals surface area contributed by atoms with E-state index in [2.05, 4.69) is 0 Å². The maximum atomic E-state index is 12.8. The number of halogens is 3. The average molecular weight is 333 g/mol. The Morgan fingerprint density at radius 1 is 1.26 bits per heavy atom. The molecule has 10 heteroatoms. The minimum Gasteiger partial charge on any atom is -0.530 e. The number of hydrogen-bond donors (Lipinski definition) is 0. The highest BCUT2D eigenvalue weighted by Gasteiger charge is 2.33. The number of non-ortho nitro benzene ring substituents is 1. The van der Waals surface area contributed by atoms with Crippen LogP contribution in [-0.4, -0.2) is 35.1 Å². The summed E-state index contributed by atoms with van der Waals surface area (Å²) >= 11 is 0. The van der Waals surface area contributed by atoms with Crippen LogP contribution in [0.4, 0.5) is 23.7 Å². The van der Waals surface area contributed by atoms with E-state index >= 15 is 0 Å². The van der Waals surface area contributed by atoms with Crippen molar-refractivity contribution in [2.75, 3.05) is 13.1 Å². The first-order valence-electron chi connectivity index (χ1n) is 6.66. The molecule has 1 aliphatic rings. The molecule has 1 fully saturated rings. The zero-order valence-corrected chi connectivity index (χ0v) is 11.7. The largest absolute Gasteiger partial charge is 0.530 e. The van der Waals surface area contributed by atoms with Gasteiger partial charge in [0.05, 0.1) is 16.6 Å². The van der Waals surface area contributed by atoms with Crippen LogP contribution in [0.1, 0.15) is 18.4 Å². The molecule has 7 nitrogen and oxygen atoms in total. The van der Waals surface area contributed by atoms with Gasteiger partial charge in [-0.05, 0) is 6.07 Å². The number of amides is 1. The Morgan fingerprint density at radius 3 is 2.35 bits per heavy atom. The predicted octanol–water partition coefficient (Wildman–Crippen LogP) is 1.80. The zero-order chi connectivity index (χ0) is 17.2. The summed E-state index contributed by atoms with van der Waals surface area (Å²) in [6, 6.07) is 2.05. The SMILES string of the molecule is O=C([O-])N1CCC(Oc2cc([N+](=O)[O-])cc(C(F)(F)F)c2)CC1. The highest BCUT2D eigenvalue weighted by molar-refractivity contribution is 5.62. The molecule has 1 aromatic carbocycles. The Bertz CT molecular complexity index is 612. The summed E-state index contributed by atoms with van der Waals surface area (Å²) in [7, 11) is 0. The Labute approximate surface area is 128 Å². The van der Waals surface area contributed by atoms with Gasteiger partial charge in [-0.25, -0.2) is 0 Å². The van der Waals surface area contributed by atoms with Crippen LogP contribution in [0.25, 0.3) is 0 Å². The van der Waals surface area contributed by atoms with Crippen LogP contribution in [0, 0.1) is 10.1 Å². The number of nitrogens with zero attached hydrogens (tertiary/aromatic N) is 2. The Hall–Kier alpha value is -2.52. The normalized spacial score (nSPS) is 16.2. The number of ether oxygens (including phenoxy) is 1. The van der Waals surface area contributed by atoms with Gasteiger partial charge in [0.2, 0.25) is 0 Å². The molecule has 0 bridgehead atoms. The molecule has 0 radical (unpaired) electrons. The second-order valence-corrected chi connectivity index (χ2v) is 5.04. The molecule has 1 aromatic rings. The lowest BCUT2D eigenvalue weighted by molar-refractivity contribution is -0.385. The number of rotatable bonds is 3. The highest BCUT2D eigenvalue weighted by Crippen LogP contribution is 2.35. The number of benzene rings is 1. The summed E-state index contributed by atoms with van der Waals surface area (Å²) in [5.74, 6) is -0.265. The summed E-state index contributed by atoms with van der Waals surface area (Å²) < 4.78 is 43.7. The number of carbonyl (C=O) groups excluding carboxylic acids is 1. The van der Waals surface area contributed by atoms with Gasteiger partial charge in [0.1, 0.15) is 17.9 Å². The molecule has 1 heterocycles. The molecule has 23 heavy (non-hydrogen) atoms. The maximum absolute atomic E-state index is 12.8. The van der Waals surface area contributed by atoms with E-state index in [-0.39, 0.29) is 31.7 Å². The topological polar surface area (TPSA) is 95.7 Å². The van der Waals surface area contributed by atoms with Gasteiger partial charge in [-0.15, -0.1) is 0 Å². The number of hydrogen-bond acceptors (Lipinski definition) is 5. The fraction of sp³-hybridized carbons (Fsp3) is 0.462. The Morgan fingerprint density at radius 2 is 1.87 bits per heavy atom. The first-order valence-corrected chi connectivity index (χ1v) is 6.66. The van der Waals surface area contributed by atoms with Crippen LogP contribution in [-0.2, 0) is 6.18 Å². The number of piperidine rings is 1. The lowest BCUT2D eigenvalue weighted by atomic mass is 10.1. The first kappa shape index (κ1) is 16.8. The van der Waals surface area contributed by atoms with E-state index < -0.39 is 34.5 Å². The summed E-state index contributed by atoms with van der Waals surface area (Å²) in [4.78, 5) is 21.5. The highest BCUT2D eigenvalue weighted by atomic mass is 19.4. The van der Waals surface area contributed by atoms with Crippen molar-refractivity contribution in [3.8, 4) is 5.75 Å². The van der Waals surface area contributed by atoms with Crippen LogP contribution in [0.3, 0.4) is 0 Å². The summed E-state index contributed by atoms with van der Waals surface area (Å²) in [6.07, 6.45) is -6.05. The van der Waals surface area contributed by atoms with Crippen molar-refractivity contribution in [3.63, 3.8) is 0 Å². The number of nitro groups is 1. The number of alkyl halides is 3. The van der Waals surface area contributed by atoms with E-state index in [0.717, 1.165) is 11.0 Å². The van der Waals surface area contributed by atoms with Gasteiger partial charge in [-0.2, -0.15) is 13.2 Å². The lowest BCUT2D eigenvalue weighted by Gasteiger charge is -2.33. The maximum Gasteiger partial charge on any atom is 0.416 e. The van der Waals surface area contributed by atoms with E-state index in [1.807, 2.05) is 0 Å². The van der Waals surface area contributed by atoms with Crippen molar-refractivity contribution in [1.29, 1.82) is 0 Å². The molecule has 0 atom stereocenters. The molecule has 0 aromatic heterocycles. The summed E-state index contributed by atoms with van der Waals surface area (Å²) in [5, 5.41) is 21.4. The zero-order valence-electron chi connectivity index (χ0n) is 11.7. The van der Waals surface area contributed by atoms with Gasteiger partial charge >= 0.3 is 6.18 Å². The molecular formula is C13H12F3N2O5-. The van der Waals surface area contributed by atoms with Crippen molar-refractivity contribution >= 4 is 11.8 Å². The number of carbonyl (C=O) groups is 1. The second kappa shape index (κ2) is 6.31. The van der Waals surface area contributed by atoms with Crippen LogP contribution in [0.2, 0.25) is 0 Å². The molecule has 126 valence electrons. The van der Waals surface area contributed by atoms with E-state index in [1.54, 1.807) is 0 Å². The number of carboxylic acid groups (broad SMARTS) is 1. The van der Waals surface area contributed by atoms with Crippen LogP contribution in [0.5, 0.6) is 5.75 Å². The monoisotopic (exact) mass is 333 g/mol. The third kappa shape index (κ3) is 4.24. The quantitative estimate of drug-likeness (QED) is 0.621. The fourth-order valence-electron chi connectivity index (χ4n) is 2.27. The number of nitro benzene ring substituents is 1. The van der Waals surface area contributed by atoms with E-state index in [9.17, 15) is 33.2 Å². The predicted molar refractivity (Wildman–Crippen MR) is 68.7 cm³/mol. The number of likely N-dealkylation sites (tertiary alicyclic amines) is 1. The van der Waals surface area contributed by atoms with E-state index in [1.165, 1.54) is 0 Å². The van der Waals surface area contributed by atoms with Crippen molar-refractivity contribution in [2.24, 2.45) is 0 Å². The standard InChI is InChI=1S/C13H13F3N2O5/c14-13(15,16)8-5-9(18(21)22)7-11(6-8)23-10-1-3-17(4-2-10)12(19)20/h5-7,10H,1-4H2,(H,19,20)/p-1. The fourth-order valence-corrected chi connectivity index (χ4v) is 2.27. The van der Waals surface area contributed by atoms with Crippen LogP contribution < -0.4 is 9.84 Å².